The Labute approximate surface area is 441 Å². The van der Waals surface area contributed by atoms with Gasteiger partial charge in [-0.1, -0.05) is 74.5 Å². The molecule has 6 N–H and O–H groups in total. The average molecular weight is 1040 g/mol. The van der Waals surface area contributed by atoms with Crippen molar-refractivity contribution in [2.24, 2.45) is 11.3 Å². The van der Waals surface area contributed by atoms with Crippen molar-refractivity contribution in [3.63, 3.8) is 0 Å². The van der Waals surface area contributed by atoms with Crippen LogP contribution in [0.4, 0.5) is 9.59 Å². The zero-order valence-electron chi connectivity index (χ0n) is 45.4. The summed E-state index contributed by atoms with van der Waals surface area (Å²) in [5.41, 5.74) is 1.85. The molecule has 1 saturated heterocycles. The third-order valence-electron chi connectivity index (χ3n) is 13.0. The Hall–Kier alpha value is -5.72. The highest BCUT2D eigenvalue weighted by molar-refractivity contribution is 7.90. The molecule has 1 fully saturated rings. The van der Waals surface area contributed by atoms with Crippen LogP contribution in [-0.4, -0.2) is 110 Å². The maximum Gasteiger partial charge on any atom is 0.408 e. The Kier molecular flexibility index (Phi) is 20.9. The monoisotopic (exact) mass is 1040 g/mol. The molecule has 0 radical (unpaired) electrons. The van der Waals surface area contributed by atoms with Crippen LogP contribution in [0, 0.1) is 11.3 Å². The Morgan fingerprint density at radius 3 is 1.76 bits per heavy atom. The number of benzene rings is 2. The highest BCUT2D eigenvalue weighted by Gasteiger charge is 2.51. The minimum absolute atomic E-state index is 0.0674. The lowest BCUT2D eigenvalue weighted by Gasteiger charge is -2.44. The van der Waals surface area contributed by atoms with E-state index in [1.807, 2.05) is 108 Å². The number of amides is 6. The number of alkyl carbamates (subject to hydrolysis) is 2. The first-order valence-electron chi connectivity index (χ1n) is 26.1. The second-order valence-corrected chi connectivity index (χ2v) is 25.2. The van der Waals surface area contributed by atoms with Crippen LogP contribution >= 0.6 is 0 Å². The minimum Gasteiger partial charge on any atom is -0.598 e. The van der Waals surface area contributed by atoms with Gasteiger partial charge >= 0.3 is 12.2 Å². The molecule has 406 valence electrons. The van der Waals surface area contributed by atoms with E-state index in [-0.39, 0.29) is 55.5 Å². The van der Waals surface area contributed by atoms with Crippen molar-refractivity contribution in [3.8, 4) is 0 Å². The number of hydrogen-bond donors (Lipinski definition) is 6. The largest absolute Gasteiger partial charge is 0.598 e. The van der Waals surface area contributed by atoms with Gasteiger partial charge in [-0.25, -0.2) is 9.59 Å². The molecule has 2 aliphatic rings. The Morgan fingerprint density at radius 2 is 1.22 bits per heavy atom. The van der Waals surface area contributed by atoms with E-state index in [0.717, 1.165) is 28.7 Å². The zero-order valence-corrected chi connectivity index (χ0v) is 46.2. The molecule has 3 aromatic rings. The molecular weight excluding hydrogens is 961 g/mol. The number of piperidine rings is 1. The molecule has 1 aliphatic heterocycles. The molecule has 17 nitrogen and oxygen atoms in total. The summed E-state index contributed by atoms with van der Waals surface area (Å²) in [5.74, 6) is -2.15. The summed E-state index contributed by atoms with van der Waals surface area (Å²) in [6, 6.07) is 15.7. The molecule has 0 saturated carbocycles. The Morgan fingerprint density at radius 1 is 0.703 bits per heavy atom. The van der Waals surface area contributed by atoms with E-state index in [2.05, 4.69) is 36.3 Å². The fourth-order valence-electron chi connectivity index (χ4n) is 9.33. The van der Waals surface area contributed by atoms with Gasteiger partial charge in [-0.3, -0.25) is 24.2 Å². The topological polar surface area (TPSA) is 232 Å². The van der Waals surface area contributed by atoms with E-state index in [9.17, 15) is 33.3 Å². The second kappa shape index (κ2) is 26.2. The predicted molar refractivity (Wildman–Crippen MR) is 287 cm³/mol. The zero-order chi connectivity index (χ0) is 54.4. The van der Waals surface area contributed by atoms with Gasteiger partial charge in [0.1, 0.15) is 40.1 Å². The van der Waals surface area contributed by atoms with Crippen LogP contribution in [-0.2, 0) is 59.3 Å². The first-order valence-corrected chi connectivity index (χ1v) is 27.2. The molecule has 18 heteroatoms. The minimum atomic E-state index is -1.36. The van der Waals surface area contributed by atoms with Gasteiger partial charge in [0.15, 0.2) is 0 Å². The van der Waals surface area contributed by atoms with Crippen molar-refractivity contribution in [1.82, 2.24) is 41.2 Å². The van der Waals surface area contributed by atoms with Crippen molar-refractivity contribution in [2.45, 2.75) is 180 Å². The van der Waals surface area contributed by atoms with Gasteiger partial charge in [-0.05, 0) is 141 Å². The first-order chi connectivity index (χ1) is 34.7. The van der Waals surface area contributed by atoms with Crippen molar-refractivity contribution < 1.29 is 42.8 Å². The van der Waals surface area contributed by atoms with E-state index < -0.39 is 81.4 Å². The maximum absolute atomic E-state index is 14.8. The van der Waals surface area contributed by atoms with Crippen molar-refractivity contribution >= 4 is 47.2 Å². The molecular formula is C56H82N8O9S. The van der Waals surface area contributed by atoms with Gasteiger partial charge in [0.2, 0.25) is 23.6 Å². The van der Waals surface area contributed by atoms with Crippen LogP contribution in [0.2, 0.25) is 0 Å². The van der Waals surface area contributed by atoms with Crippen LogP contribution in [0.1, 0.15) is 143 Å². The van der Waals surface area contributed by atoms with Crippen molar-refractivity contribution in [2.75, 3.05) is 19.6 Å². The maximum atomic E-state index is 14.8. The van der Waals surface area contributed by atoms with E-state index >= 15 is 0 Å². The molecule has 74 heavy (non-hydrogen) atoms. The quantitative estimate of drug-likeness (QED) is 0.0474. The third-order valence-corrected chi connectivity index (χ3v) is 14.6. The number of nitrogens with one attached hydrogen (secondary N) is 6. The molecule has 2 heterocycles. The van der Waals surface area contributed by atoms with E-state index in [1.165, 1.54) is 0 Å². The summed E-state index contributed by atoms with van der Waals surface area (Å²) in [4.78, 5) is 90.0. The lowest BCUT2D eigenvalue weighted by Crippen LogP contribution is -2.60. The van der Waals surface area contributed by atoms with E-state index in [0.29, 0.717) is 38.8 Å². The lowest BCUT2D eigenvalue weighted by molar-refractivity contribution is -0.140. The van der Waals surface area contributed by atoms with Gasteiger partial charge in [-0.2, -0.15) is 0 Å². The highest BCUT2D eigenvalue weighted by atomic mass is 32.2. The van der Waals surface area contributed by atoms with Crippen LogP contribution < -0.4 is 31.3 Å². The lowest BCUT2D eigenvalue weighted by atomic mass is 9.73. The fraction of sp³-hybridized carbons (Fsp3) is 0.589. The molecule has 1 spiro atoms. The third kappa shape index (κ3) is 18.3. The van der Waals surface area contributed by atoms with Crippen LogP contribution in [0.5, 0.6) is 0 Å². The smallest absolute Gasteiger partial charge is 0.408 e. The molecule has 5 rings (SSSR count). The Balaban J connectivity index is 1.36. The van der Waals surface area contributed by atoms with E-state index in [4.69, 9.17) is 9.47 Å². The average Bonchev–Trinajstić information content (AvgIpc) is 3.60. The summed E-state index contributed by atoms with van der Waals surface area (Å²) in [7, 11) is 0. The molecule has 6 amide bonds. The van der Waals surface area contributed by atoms with Gasteiger partial charge in [-0.15, -0.1) is 4.72 Å². The van der Waals surface area contributed by atoms with Crippen LogP contribution in [0.3, 0.4) is 0 Å². The van der Waals surface area contributed by atoms with Crippen molar-refractivity contribution in [3.05, 3.63) is 101 Å². The molecule has 1 aromatic heterocycles. The number of rotatable bonds is 21. The van der Waals surface area contributed by atoms with E-state index in [1.54, 1.807) is 52.6 Å². The molecule has 1 aliphatic carbocycles. The number of likely N-dealkylation sites (tertiary alicyclic amines) is 1. The van der Waals surface area contributed by atoms with Gasteiger partial charge in [0, 0.05) is 61.6 Å². The van der Waals surface area contributed by atoms with Crippen molar-refractivity contribution in [1.29, 1.82) is 0 Å². The summed E-state index contributed by atoms with van der Waals surface area (Å²) in [6.07, 6.45) is 5.83. The molecule has 2 unspecified atom stereocenters. The SMILES string of the molecule is CC(C)C[C@@H](NC(=O)[C@@H](Cc1ccccc1)NC(=O)[C@@H](Cc1ccccc1)NC(=O)OC(C)(C)C)C(=O)N[C@H](CCCCNC(=O)OC(C)(C)C)C(=O)N1CCC2(CC1)Cc1cnccc1C2N[S+]([O-])C(C)(C)C. The fourth-order valence-corrected chi connectivity index (χ4v) is 10.3. The van der Waals surface area contributed by atoms with Gasteiger partial charge < -0.3 is 45.5 Å². The second-order valence-electron chi connectivity index (χ2n) is 23.2. The van der Waals surface area contributed by atoms with Gasteiger partial charge in [0.25, 0.3) is 0 Å². The van der Waals surface area contributed by atoms with Crippen LogP contribution in [0.25, 0.3) is 0 Å². The first kappa shape index (κ1) is 59.2. The summed E-state index contributed by atoms with van der Waals surface area (Å²) in [5, 5.41) is 14.3. The molecule has 6 atom stereocenters. The number of carbonyl (C=O) groups excluding carboxylic acids is 6. The number of fused-ring (bicyclic) bond motifs is 1. The summed E-state index contributed by atoms with van der Waals surface area (Å²) >= 11 is -1.36. The van der Waals surface area contributed by atoms with Gasteiger partial charge in [0.05, 0.1) is 6.04 Å². The number of ether oxygens (including phenoxy) is 2. The molecule has 2 aromatic carbocycles. The summed E-state index contributed by atoms with van der Waals surface area (Å²) in [6.45, 7) is 21.2. The number of aromatic nitrogens is 1. The Bertz CT molecular complexity index is 2340. The highest BCUT2D eigenvalue weighted by Crippen LogP contribution is 2.52. The standard InChI is InChI=1S/C56H82N8O9S/c1-37(2)32-43(60-48(66)44(33-38-20-14-12-15-21-38)61-49(67)45(34-39-22-16-13-17-23-39)62-52(70)73-54(6,7)8)47(65)59-42(24-18-19-28-58-51(69)72-53(3,4)5)50(68)64-30-26-56(27-31-64)35-40-36-57-29-25-41(40)46(56)63-74(71)55(9,10)11/h12-17,20-23,25,29,36-37,42-46,63H,18-19,24,26-28,30-35H2,1-11H3,(H,58,69)(H,59,65)(H,60,66)(H,61,67)(H,62,70)/t42-,43-,44-,45-,46?,74?/m1/s1. The number of carbonyl (C=O) groups is 6. The number of pyridine rings is 1. The predicted octanol–water partition coefficient (Wildman–Crippen LogP) is 6.91. The normalized spacial score (nSPS) is 17.5. The summed E-state index contributed by atoms with van der Waals surface area (Å²) < 4.78 is 27.4. The molecule has 0 bridgehead atoms. The number of unbranched alkanes of at least 4 members (excludes halogenated alkanes) is 1. The number of nitrogens with zero attached hydrogens (tertiary/aromatic N) is 2. The van der Waals surface area contributed by atoms with Crippen LogP contribution in [0.15, 0.2) is 79.1 Å². The number of hydrogen-bond acceptors (Lipinski definition) is 11.